The minimum absolute atomic E-state index is 0.383. The lowest BCUT2D eigenvalue weighted by atomic mass is 9.86. The average Bonchev–Trinajstić information content (AvgIpc) is 2.72. The van der Waals surface area contributed by atoms with Crippen LogP contribution in [0.3, 0.4) is 0 Å². The Hall–Kier alpha value is -3.34. The molecule has 3 aromatic rings. The topological polar surface area (TPSA) is 68.7 Å². The fraction of sp³-hybridized carbons (Fsp3) is 0.217. The summed E-state index contributed by atoms with van der Waals surface area (Å²) < 4.78 is 11.3. The van der Waals surface area contributed by atoms with Crippen molar-refractivity contribution in [1.82, 2.24) is 4.98 Å². The van der Waals surface area contributed by atoms with Gasteiger partial charge in [-0.25, -0.2) is 9.78 Å². The van der Waals surface area contributed by atoms with E-state index in [0.717, 1.165) is 53.2 Å². The average molecular weight is 373 g/mol. The molecule has 140 valence electrons. The summed E-state index contributed by atoms with van der Waals surface area (Å²) in [7, 11) is 0. The predicted octanol–water partition coefficient (Wildman–Crippen LogP) is 4.58. The summed E-state index contributed by atoms with van der Waals surface area (Å²) in [4.78, 5) is 16.9. The second-order valence-electron chi connectivity index (χ2n) is 7.06. The second-order valence-corrected chi connectivity index (χ2v) is 7.06. The molecule has 0 spiro atoms. The van der Waals surface area contributed by atoms with Crippen molar-refractivity contribution in [2.24, 2.45) is 0 Å². The molecular formula is C23H19NO4. The molecule has 0 saturated heterocycles. The molecule has 2 aliphatic rings. The molecule has 2 heterocycles. The molecule has 0 fully saturated rings. The maximum absolute atomic E-state index is 12.0. The Labute approximate surface area is 162 Å². The van der Waals surface area contributed by atoms with E-state index in [1.165, 1.54) is 0 Å². The van der Waals surface area contributed by atoms with Crippen LogP contribution in [-0.4, -0.2) is 29.3 Å². The van der Waals surface area contributed by atoms with Crippen molar-refractivity contribution in [3.05, 3.63) is 64.8 Å². The predicted molar refractivity (Wildman–Crippen MR) is 107 cm³/mol. The van der Waals surface area contributed by atoms with E-state index in [1.807, 2.05) is 42.5 Å². The summed E-state index contributed by atoms with van der Waals surface area (Å²) >= 11 is 0. The highest BCUT2D eigenvalue weighted by atomic mass is 16.6. The van der Waals surface area contributed by atoms with Gasteiger partial charge in [-0.15, -0.1) is 0 Å². The van der Waals surface area contributed by atoms with Crippen LogP contribution in [0, 0.1) is 0 Å². The molecular weight excluding hydrogens is 354 g/mol. The molecule has 2 aromatic carbocycles. The number of allylic oxidation sites excluding steroid dienone is 1. The Kier molecular flexibility index (Phi) is 4.01. The highest BCUT2D eigenvalue weighted by molar-refractivity contribution is 6.05. The molecule has 0 atom stereocenters. The van der Waals surface area contributed by atoms with Crippen LogP contribution >= 0.6 is 0 Å². The Morgan fingerprint density at radius 1 is 1.04 bits per heavy atom. The van der Waals surface area contributed by atoms with Crippen molar-refractivity contribution >= 4 is 28.5 Å². The lowest BCUT2D eigenvalue weighted by Gasteiger charge is -2.22. The summed E-state index contributed by atoms with van der Waals surface area (Å²) in [5, 5.41) is 10.6. The standard InChI is InChI=1S/C23H19NO4/c25-23(26)21-16-5-1-2-7-18(16)24-22-15(4-3-6-17(21)22)12-14-8-9-19-20(13-14)28-11-10-27-19/h1-2,5,7-9,12-13H,3-4,6,10-11H2,(H,25,26)/b15-12+. The molecule has 5 heteroatoms. The van der Waals surface area contributed by atoms with Gasteiger partial charge in [-0.3, -0.25) is 0 Å². The van der Waals surface area contributed by atoms with E-state index in [2.05, 4.69) is 6.08 Å². The van der Waals surface area contributed by atoms with Crippen LogP contribution in [0.5, 0.6) is 11.5 Å². The number of nitrogens with zero attached hydrogens (tertiary/aromatic N) is 1. The maximum Gasteiger partial charge on any atom is 0.336 e. The van der Waals surface area contributed by atoms with Gasteiger partial charge >= 0.3 is 5.97 Å². The zero-order valence-electron chi connectivity index (χ0n) is 15.3. The summed E-state index contributed by atoms with van der Waals surface area (Å²) in [5.41, 5.74) is 4.80. The summed E-state index contributed by atoms with van der Waals surface area (Å²) in [6, 6.07) is 13.3. The van der Waals surface area contributed by atoms with E-state index in [0.29, 0.717) is 29.7 Å². The largest absolute Gasteiger partial charge is 0.486 e. The van der Waals surface area contributed by atoms with Gasteiger partial charge < -0.3 is 14.6 Å². The number of carboxylic acid groups (broad SMARTS) is 1. The first-order valence-electron chi connectivity index (χ1n) is 9.46. The Morgan fingerprint density at radius 3 is 2.71 bits per heavy atom. The number of benzene rings is 2. The monoisotopic (exact) mass is 373 g/mol. The number of hydrogen-bond acceptors (Lipinski definition) is 4. The zero-order valence-corrected chi connectivity index (χ0v) is 15.3. The van der Waals surface area contributed by atoms with Gasteiger partial charge in [0.15, 0.2) is 11.5 Å². The molecule has 5 rings (SSSR count). The van der Waals surface area contributed by atoms with Crippen molar-refractivity contribution in [3.8, 4) is 11.5 Å². The molecule has 0 unspecified atom stereocenters. The molecule has 0 radical (unpaired) electrons. The van der Waals surface area contributed by atoms with Crippen LogP contribution in [0.15, 0.2) is 42.5 Å². The SMILES string of the molecule is O=C(O)c1c2c(nc3ccccc13)/C(=C/c1ccc3c(c1)OCCO3)CCC2. The number of para-hydroxylation sites is 1. The molecule has 5 nitrogen and oxygen atoms in total. The van der Waals surface area contributed by atoms with Crippen molar-refractivity contribution in [2.45, 2.75) is 19.3 Å². The van der Waals surface area contributed by atoms with Gasteiger partial charge in [-0.2, -0.15) is 0 Å². The second kappa shape index (κ2) is 6.68. The van der Waals surface area contributed by atoms with Gasteiger partial charge in [-0.1, -0.05) is 24.3 Å². The van der Waals surface area contributed by atoms with Crippen molar-refractivity contribution in [1.29, 1.82) is 0 Å². The summed E-state index contributed by atoms with van der Waals surface area (Å²) in [5.74, 6) is 0.611. The number of ether oxygens (including phenoxy) is 2. The Bertz CT molecular complexity index is 1130. The third-order valence-electron chi connectivity index (χ3n) is 5.29. The number of carboxylic acids is 1. The van der Waals surface area contributed by atoms with Crippen molar-refractivity contribution < 1.29 is 19.4 Å². The molecule has 1 N–H and O–H groups in total. The number of pyridine rings is 1. The first kappa shape index (κ1) is 16.8. The Morgan fingerprint density at radius 2 is 1.86 bits per heavy atom. The normalized spacial score (nSPS) is 16.8. The molecule has 28 heavy (non-hydrogen) atoms. The number of fused-ring (bicyclic) bond motifs is 3. The van der Waals surface area contributed by atoms with Gasteiger partial charge in [0.05, 0.1) is 16.8 Å². The fourth-order valence-electron chi connectivity index (χ4n) is 4.07. The number of aromatic nitrogens is 1. The number of carbonyl (C=O) groups is 1. The van der Waals surface area contributed by atoms with Crippen LogP contribution in [-0.2, 0) is 6.42 Å². The molecule has 1 aliphatic carbocycles. The molecule has 1 aliphatic heterocycles. The van der Waals surface area contributed by atoms with E-state index >= 15 is 0 Å². The van der Waals surface area contributed by atoms with E-state index in [4.69, 9.17) is 14.5 Å². The van der Waals surface area contributed by atoms with Gasteiger partial charge in [0.2, 0.25) is 0 Å². The number of aromatic carboxylic acids is 1. The minimum Gasteiger partial charge on any atom is -0.486 e. The van der Waals surface area contributed by atoms with Crippen LogP contribution < -0.4 is 9.47 Å². The highest BCUT2D eigenvalue weighted by Crippen LogP contribution is 2.37. The Balaban J connectivity index is 1.67. The van der Waals surface area contributed by atoms with E-state index < -0.39 is 5.97 Å². The van der Waals surface area contributed by atoms with Gasteiger partial charge in [0, 0.05) is 5.39 Å². The van der Waals surface area contributed by atoms with E-state index in [1.54, 1.807) is 0 Å². The lowest BCUT2D eigenvalue weighted by molar-refractivity contribution is 0.0697. The maximum atomic E-state index is 12.0. The van der Waals surface area contributed by atoms with Gasteiger partial charge in [0.25, 0.3) is 0 Å². The van der Waals surface area contributed by atoms with Crippen LogP contribution in [0.1, 0.15) is 40.0 Å². The van der Waals surface area contributed by atoms with Gasteiger partial charge in [0.1, 0.15) is 13.2 Å². The van der Waals surface area contributed by atoms with Crippen LogP contribution in [0.25, 0.3) is 22.6 Å². The quantitative estimate of drug-likeness (QED) is 0.712. The minimum atomic E-state index is -0.893. The first-order valence-corrected chi connectivity index (χ1v) is 9.46. The van der Waals surface area contributed by atoms with Crippen molar-refractivity contribution in [2.75, 3.05) is 13.2 Å². The lowest BCUT2D eigenvalue weighted by Crippen LogP contribution is -2.15. The van der Waals surface area contributed by atoms with Crippen LogP contribution in [0.4, 0.5) is 0 Å². The zero-order chi connectivity index (χ0) is 19.1. The first-order chi connectivity index (χ1) is 13.7. The van der Waals surface area contributed by atoms with E-state index in [9.17, 15) is 9.90 Å². The van der Waals surface area contributed by atoms with Gasteiger partial charge in [-0.05, 0) is 60.2 Å². The molecule has 0 amide bonds. The van der Waals surface area contributed by atoms with E-state index in [-0.39, 0.29) is 0 Å². The smallest absolute Gasteiger partial charge is 0.336 e. The van der Waals surface area contributed by atoms with Crippen molar-refractivity contribution in [3.63, 3.8) is 0 Å². The molecule has 0 saturated carbocycles. The highest BCUT2D eigenvalue weighted by Gasteiger charge is 2.25. The third-order valence-corrected chi connectivity index (χ3v) is 5.29. The number of rotatable bonds is 2. The fourth-order valence-corrected chi connectivity index (χ4v) is 4.07. The third kappa shape index (κ3) is 2.80. The summed E-state index contributed by atoms with van der Waals surface area (Å²) in [6.45, 7) is 1.11. The molecule has 1 aromatic heterocycles. The number of hydrogen-bond donors (Lipinski definition) is 1. The van der Waals surface area contributed by atoms with Crippen LogP contribution in [0.2, 0.25) is 0 Å². The molecule has 0 bridgehead atoms. The summed E-state index contributed by atoms with van der Waals surface area (Å²) in [6.07, 6.45) is 4.59.